The van der Waals surface area contributed by atoms with Crippen molar-refractivity contribution in [1.29, 1.82) is 0 Å². The van der Waals surface area contributed by atoms with Gasteiger partial charge in [0.15, 0.2) is 10.8 Å². The molecule has 1 saturated heterocycles. The van der Waals surface area contributed by atoms with E-state index >= 15 is 0 Å². The maximum atomic E-state index is 6.05. The van der Waals surface area contributed by atoms with E-state index in [0.717, 1.165) is 30.4 Å². The number of nitrogens with zero attached hydrogens (tertiary/aromatic N) is 3. The Labute approximate surface area is 131 Å². The topological polar surface area (TPSA) is 46.6 Å². The molecule has 0 bridgehead atoms. The molecule has 116 valence electrons. The summed E-state index contributed by atoms with van der Waals surface area (Å²) in [5.41, 5.74) is 7.33. The lowest BCUT2D eigenvalue weighted by Crippen LogP contribution is -2.35. The van der Waals surface area contributed by atoms with Gasteiger partial charge in [-0.1, -0.05) is 19.8 Å². The molecule has 2 N–H and O–H groups in total. The smallest absolute Gasteiger partial charge is 0.195 e. The van der Waals surface area contributed by atoms with Gasteiger partial charge in [-0.3, -0.25) is 4.40 Å². The molecule has 0 aromatic carbocycles. The summed E-state index contributed by atoms with van der Waals surface area (Å²) in [6.07, 6.45) is 8.30. The van der Waals surface area contributed by atoms with E-state index in [1.165, 1.54) is 37.2 Å². The van der Waals surface area contributed by atoms with Crippen LogP contribution in [0.25, 0.3) is 4.96 Å². The van der Waals surface area contributed by atoms with E-state index in [0.29, 0.717) is 0 Å². The molecule has 2 aromatic rings. The fourth-order valence-corrected chi connectivity index (χ4v) is 4.14. The van der Waals surface area contributed by atoms with E-state index in [-0.39, 0.29) is 6.04 Å². The molecule has 3 rings (SSSR count). The molecule has 1 aliphatic heterocycles. The molecule has 0 aliphatic carbocycles. The second-order valence-electron chi connectivity index (χ2n) is 6.34. The highest BCUT2D eigenvalue weighted by Gasteiger charge is 2.24. The van der Waals surface area contributed by atoms with Crippen LogP contribution in [-0.4, -0.2) is 28.5 Å². The fraction of sp³-hybridized carbons (Fsp3) is 0.688. The molecule has 2 aromatic heterocycles. The molecule has 0 saturated carbocycles. The summed E-state index contributed by atoms with van der Waals surface area (Å²) in [7, 11) is 0. The number of imidazole rings is 1. The second-order valence-corrected chi connectivity index (χ2v) is 7.21. The molecular weight excluding hydrogens is 280 g/mol. The van der Waals surface area contributed by atoms with Crippen molar-refractivity contribution in [3.05, 3.63) is 17.3 Å². The summed E-state index contributed by atoms with van der Waals surface area (Å²) in [5, 5.41) is 2.10. The minimum atomic E-state index is 0.168. The normalized spacial score (nSPS) is 18.5. The molecule has 1 fully saturated rings. The SMILES string of the molecule is CCCC1CCN(c2nc3sccn3c2CC(C)N)CC1. The summed E-state index contributed by atoms with van der Waals surface area (Å²) in [4.78, 5) is 8.44. The summed E-state index contributed by atoms with van der Waals surface area (Å²) >= 11 is 1.71. The number of piperidine rings is 1. The molecule has 1 unspecified atom stereocenters. The average Bonchev–Trinajstić information content (AvgIpc) is 3.03. The van der Waals surface area contributed by atoms with Crippen LogP contribution in [0.5, 0.6) is 0 Å². The van der Waals surface area contributed by atoms with Crippen LogP contribution < -0.4 is 10.6 Å². The summed E-state index contributed by atoms with van der Waals surface area (Å²) in [6, 6.07) is 0.168. The maximum absolute atomic E-state index is 6.05. The molecule has 1 aliphatic rings. The zero-order valence-corrected chi connectivity index (χ0v) is 13.9. The van der Waals surface area contributed by atoms with Crippen LogP contribution in [0.2, 0.25) is 0 Å². The lowest BCUT2D eigenvalue weighted by atomic mass is 9.92. The lowest BCUT2D eigenvalue weighted by molar-refractivity contribution is 0.377. The minimum absolute atomic E-state index is 0.168. The van der Waals surface area contributed by atoms with Gasteiger partial charge in [-0.25, -0.2) is 4.98 Å². The zero-order chi connectivity index (χ0) is 14.8. The molecule has 0 radical (unpaired) electrons. The maximum Gasteiger partial charge on any atom is 0.195 e. The third-order valence-electron chi connectivity index (χ3n) is 4.47. The summed E-state index contributed by atoms with van der Waals surface area (Å²) in [6.45, 7) is 6.64. The van der Waals surface area contributed by atoms with E-state index in [9.17, 15) is 0 Å². The highest BCUT2D eigenvalue weighted by molar-refractivity contribution is 7.15. The first-order valence-electron chi connectivity index (χ1n) is 8.14. The van der Waals surface area contributed by atoms with E-state index in [2.05, 4.69) is 34.7 Å². The Balaban J connectivity index is 1.81. The van der Waals surface area contributed by atoms with Crippen molar-refractivity contribution >= 4 is 22.1 Å². The number of thiazole rings is 1. The van der Waals surface area contributed by atoms with Crippen LogP contribution in [-0.2, 0) is 6.42 Å². The quantitative estimate of drug-likeness (QED) is 0.922. The predicted molar refractivity (Wildman–Crippen MR) is 90.3 cm³/mol. The van der Waals surface area contributed by atoms with Gasteiger partial charge in [-0.05, 0) is 25.7 Å². The number of anilines is 1. The molecule has 4 nitrogen and oxygen atoms in total. The summed E-state index contributed by atoms with van der Waals surface area (Å²) in [5.74, 6) is 2.08. The number of aromatic nitrogens is 2. The Morgan fingerprint density at radius 2 is 2.19 bits per heavy atom. The van der Waals surface area contributed by atoms with Crippen molar-refractivity contribution in [2.45, 2.75) is 52.0 Å². The van der Waals surface area contributed by atoms with Gasteiger partial charge >= 0.3 is 0 Å². The summed E-state index contributed by atoms with van der Waals surface area (Å²) < 4.78 is 2.22. The molecule has 21 heavy (non-hydrogen) atoms. The van der Waals surface area contributed by atoms with Crippen molar-refractivity contribution in [2.24, 2.45) is 11.7 Å². The fourth-order valence-electron chi connectivity index (χ4n) is 3.41. The highest BCUT2D eigenvalue weighted by atomic mass is 32.1. The lowest BCUT2D eigenvalue weighted by Gasteiger charge is -2.32. The van der Waals surface area contributed by atoms with Gasteiger partial charge < -0.3 is 10.6 Å². The Bertz CT molecular complexity index is 578. The number of hydrogen-bond acceptors (Lipinski definition) is 4. The average molecular weight is 306 g/mol. The minimum Gasteiger partial charge on any atom is -0.355 e. The molecule has 0 spiro atoms. The first-order valence-corrected chi connectivity index (χ1v) is 9.02. The van der Waals surface area contributed by atoms with Crippen molar-refractivity contribution in [2.75, 3.05) is 18.0 Å². The van der Waals surface area contributed by atoms with Gasteiger partial charge in [0.05, 0.1) is 5.69 Å². The highest BCUT2D eigenvalue weighted by Crippen LogP contribution is 2.30. The van der Waals surface area contributed by atoms with E-state index in [1.807, 2.05) is 0 Å². The van der Waals surface area contributed by atoms with Crippen molar-refractivity contribution < 1.29 is 0 Å². The number of hydrogen-bond donors (Lipinski definition) is 1. The second kappa shape index (κ2) is 6.36. The van der Waals surface area contributed by atoms with Crippen molar-refractivity contribution in [3.63, 3.8) is 0 Å². The first kappa shape index (κ1) is 14.9. The van der Waals surface area contributed by atoms with Gasteiger partial charge in [0, 0.05) is 37.1 Å². The van der Waals surface area contributed by atoms with Crippen LogP contribution in [0, 0.1) is 5.92 Å². The van der Waals surface area contributed by atoms with E-state index in [1.54, 1.807) is 11.3 Å². The van der Waals surface area contributed by atoms with Crippen molar-refractivity contribution in [1.82, 2.24) is 9.38 Å². The zero-order valence-electron chi connectivity index (χ0n) is 13.1. The largest absolute Gasteiger partial charge is 0.355 e. The molecule has 0 amide bonds. The van der Waals surface area contributed by atoms with Crippen molar-refractivity contribution in [3.8, 4) is 0 Å². The van der Waals surface area contributed by atoms with Gasteiger partial charge in [0.1, 0.15) is 0 Å². The van der Waals surface area contributed by atoms with Crippen LogP contribution >= 0.6 is 11.3 Å². The van der Waals surface area contributed by atoms with Gasteiger partial charge in [0.25, 0.3) is 0 Å². The molecule has 5 heteroatoms. The number of fused-ring (bicyclic) bond motifs is 1. The van der Waals surface area contributed by atoms with Gasteiger partial charge in [-0.15, -0.1) is 11.3 Å². The molecule has 1 atom stereocenters. The van der Waals surface area contributed by atoms with E-state index in [4.69, 9.17) is 10.7 Å². The molecular formula is C16H26N4S. The standard InChI is InChI=1S/C16H26N4S/c1-3-4-13-5-7-19(8-6-13)15-14(11-12(2)17)20-9-10-21-16(20)18-15/h9-10,12-13H,3-8,11,17H2,1-2H3. The number of rotatable bonds is 5. The third-order valence-corrected chi connectivity index (χ3v) is 5.22. The Morgan fingerprint density at radius 1 is 1.43 bits per heavy atom. The van der Waals surface area contributed by atoms with Crippen LogP contribution in [0.1, 0.15) is 45.2 Å². The Hall–Kier alpha value is -1.07. The van der Waals surface area contributed by atoms with Crippen LogP contribution in [0.3, 0.4) is 0 Å². The predicted octanol–water partition coefficient (Wildman–Crippen LogP) is 3.30. The van der Waals surface area contributed by atoms with Crippen LogP contribution in [0.15, 0.2) is 11.6 Å². The first-order chi connectivity index (χ1) is 10.2. The van der Waals surface area contributed by atoms with E-state index < -0.39 is 0 Å². The Kier molecular flexibility index (Phi) is 4.50. The van der Waals surface area contributed by atoms with Crippen LogP contribution in [0.4, 0.5) is 5.82 Å². The van der Waals surface area contributed by atoms with Gasteiger partial charge in [-0.2, -0.15) is 0 Å². The third kappa shape index (κ3) is 3.09. The monoisotopic (exact) mass is 306 g/mol. The number of nitrogens with two attached hydrogens (primary N) is 1. The molecule has 3 heterocycles. The Morgan fingerprint density at radius 3 is 2.86 bits per heavy atom. The van der Waals surface area contributed by atoms with Gasteiger partial charge in [0.2, 0.25) is 0 Å².